The van der Waals surface area contributed by atoms with E-state index in [1.165, 1.54) is 0 Å². The monoisotopic (exact) mass is 351 g/mol. The first-order chi connectivity index (χ1) is 9.04. The zero-order valence-corrected chi connectivity index (χ0v) is 12.1. The van der Waals surface area contributed by atoms with Crippen molar-refractivity contribution in [3.05, 3.63) is 29.8 Å². The molecule has 0 aliphatic heterocycles. The number of ether oxygens (including phenoxy) is 1. The number of rotatable bonds is 3. The normalized spacial score (nSPS) is 12.2. The largest absolute Gasteiger partial charge is 0.452 e. The molecule has 0 spiro atoms. The molecule has 0 aliphatic carbocycles. The molecular weight excluding hydrogens is 345 g/mol. The highest BCUT2D eigenvalue weighted by Crippen LogP contribution is 2.42. The lowest BCUT2D eigenvalue weighted by Gasteiger charge is -2.23. The smallest absolute Gasteiger partial charge is 0.424 e. The van der Waals surface area contributed by atoms with Crippen LogP contribution in [0.3, 0.4) is 0 Å². The summed E-state index contributed by atoms with van der Waals surface area (Å²) in [7, 11) is 0.978. The summed E-state index contributed by atoms with van der Waals surface area (Å²) in [4.78, 5) is 11.5. The van der Waals surface area contributed by atoms with Crippen LogP contribution in [0, 0.1) is 0 Å². The SMILES string of the molecule is COC(=O)N(SC(F)(Cl)Cl)c1cccc(C(F)(F)F)c1. The van der Waals surface area contributed by atoms with Gasteiger partial charge in [-0.3, -0.25) is 0 Å². The highest BCUT2D eigenvalue weighted by atomic mass is 35.5. The van der Waals surface area contributed by atoms with Crippen molar-refractivity contribution >= 4 is 46.9 Å². The van der Waals surface area contributed by atoms with E-state index in [0.29, 0.717) is 10.4 Å². The average molecular weight is 352 g/mol. The predicted molar refractivity (Wildman–Crippen MR) is 69.5 cm³/mol. The number of hydrogen-bond acceptors (Lipinski definition) is 3. The van der Waals surface area contributed by atoms with Crippen LogP contribution in [0.5, 0.6) is 0 Å². The lowest BCUT2D eigenvalue weighted by atomic mass is 10.2. The Morgan fingerprint density at radius 2 is 1.90 bits per heavy atom. The molecule has 0 radical (unpaired) electrons. The Hall–Kier alpha value is -0.860. The van der Waals surface area contributed by atoms with Crippen LogP contribution in [0.15, 0.2) is 24.3 Å². The van der Waals surface area contributed by atoms with E-state index in [-0.39, 0.29) is 17.6 Å². The third-order valence-electron chi connectivity index (χ3n) is 1.94. The number of halogens is 6. The summed E-state index contributed by atoms with van der Waals surface area (Å²) in [6.07, 6.45) is -5.74. The molecule has 20 heavy (non-hydrogen) atoms. The highest BCUT2D eigenvalue weighted by Gasteiger charge is 2.35. The molecule has 0 N–H and O–H groups in total. The maximum Gasteiger partial charge on any atom is 0.424 e. The van der Waals surface area contributed by atoms with Crippen LogP contribution < -0.4 is 4.31 Å². The minimum Gasteiger partial charge on any atom is -0.452 e. The van der Waals surface area contributed by atoms with Gasteiger partial charge in [-0.15, -0.1) is 0 Å². The summed E-state index contributed by atoms with van der Waals surface area (Å²) >= 11 is 10.2. The summed E-state index contributed by atoms with van der Waals surface area (Å²) in [6, 6.07) is 3.65. The second-order valence-corrected chi connectivity index (χ2v) is 6.14. The van der Waals surface area contributed by atoms with Crippen molar-refractivity contribution in [3.8, 4) is 0 Å². The first-order valence-corrected chi connectivity index (χ1v) is 6.38. The van der Waals surface area contributed by atoms with Crippen molar-refractivity contribution in [3.63, 3.8) is 0 Å². The van der Waals surface area contributed by atoms with Crippen LogP contribution in [-0.4, -0.2) is 17.1 Å². The standard InChI is InChI=1S/C10H7Cl2F4NO2S/c1-19-8(18)17(20-10(11,12)16)7-4-2-3-6(5-7)9(13,14)15/h2-5H,1H3. The average Bonchev–Trinajstić information content (AvgIpc) is 2.33. The molecule has 0 fully saturated rings. The summed E-state index contributed by atoms with van der Waals surface area (Å²) in [5.74, 6) is 0. The number of anilines is 1. The van der Waals surface area contributed by atoms with E-state index in [1.807, 2.05) is 0 Å². The molecule has 1 rings (SSSR count). The second kappa shape index (κ2) is 6.28. The molecule has 0 saturated heterocycles. The van der Waals surface area contributed by atoms with E-state index in [2.05, 4.69) is 4.74 Å². The van der Waals surface area contributed by atoms with E-state index in [1.54, 1.807) is 0 Å². The molecule has 1 amide bonds. The Kier molecular flexibility index (Phi) is 5.39. The van der Waals surface area contributed by atoms with Crippen LogP contribution in [0.1, 0.15) is 5.56 Å². The van der Waals surface area contributed by atoms with E-state index in [4.69, 9.17) is 23.2 Å². The molecule has 0 aliphatic rings. The van der Waals surface area contributed by atoms with Gasteiger partial charge < -0.3 is 4.74 Å². The molecule has 112 valence electrons. The fourth-order valence-corrected chi connectivity index (χ4v) is 2.18. The topological polar surface area (TPSA) is 29.5 Å². The summed E-state index contributed by atoms with van der Waals surface area (Å²) in [6.45, 7) is 0. The number of methoxy groups -OCH3 is 1. The fraction of sp³-hybridized carbons (Fsp3) is 0.300. The summed E-state index contributed by atoms with van der Waals surface area (Å²) < 4.78 is 52.8. The molecule has 1 aromatic rings. The van der Waals surface area contributed by atoms with Gasteiger partial charge in [-0.05, 0) is 18.2 Å². The molecule has 1 aromatic carbocycles. The van der Waals surface area contributed by atoms with Gasteiger partial charge in [0.05, 0.1) is 18.4 Å². The third kappa shape index (κ3) is 4.92. The van der Waals surface area contributed by atoms with Crippen molar-refractivity contribution in [2.45, 2.75) is 10.1 Å². The van der Waals surface area contributed by atoms with Crippen molar-refractivity contribution in [2.24, 2.45) is 0 Å². The molecule has 0 aromatic heterocycles. The van der Waals surface area contributed by atoms with Crippen LogP contribution in [0.4, 0.5) is 28.0 Å². The first-order valence-electron chi connectivity index (χ1n) is 4.86. The second-order valence-electron chi connectivity index (χ2n) is 3.35. The van der Waals surface area contributed by atoms with E-state index in [9.17, 15) is 22.4 Å². The lowest BCUT2D eigenvalue weighted by molar-refractivity contribution is -0.137. The van der Waals surface area contributed by atoms with E-state index in [0.717, 1.165) is 25.3 Å². The van der Waals surface area contributed by atoms with Gasteiger partial charge in [0.15, 0.2) is 0 Å². The van der Waals surface area contributed by atoms with Gasteiger partial charge in [0.2, 0.25) is 0 Å². The summed E-state index contributed by atoms with van der Waals surface area (Å²) in [5, 5.41) is 0. The molecule has 10 heteroatoms. The Morgan fingerprint density at radius 1 is 1.30 bits per heavy atom. The minimum absolute atomic E-state index is 0.0374. The van der Waals surface area contributed by atoms with Gasteiger partial charge in [-0.2, -0.15) is 17.6 Å². The maximum absolute atomic E-state index is 13.2. The van der Waals surface area contributed by atoms with Gasteiger partial charge in [-0.1, -0.05) is 29.3 Å². The molecule has 0 atom stereocenters. The zero-order chi connectivity index (χ0) is 15.6. The number of carbonyl (C=O) groups is 1. The number of nitrogens with zero attached hydrogens (tertiary/aromatic N) is 1. The number of hydrogen-bond donors (Lipinski definition) is 0. The van der Waals surface area contributed by atoms with Gasteiger partial charge in [0, 0.05) is 11.9 Å². The molecule has 3 nitrogen and oxygen atoms in total. The number of alkyl halides is 6. The summed E-state index contributed by atoms with van der Waals surface area (Å²) in [5.41, 5.74) is -1.29. The van der Waals surface area contributed by atoms with E-state index < -0.39 is 21.8 Å². The van der Waals surface area contributed by atoms with Crippen molar-refractivity contribution in [1.29, 1.82) is 0 Å². The van der Waals surface area contributed by atoms with Crippen LogP contribution in [-0.2, 0) is 10.9 Å². The first kappa shape index (κ1) is 17.2. The zero-order valence-electron chi connectivity index (χ0n) is 9.75. The molecule has 0 saturated carbocycles. The Bertz CT molecular complexity index is 493. The fourth-order valence-electron chi connectivity index (χ4n) is 1.19. The van der Waals surface area contributed by atoms with Crippen molar-refractivity contribution < 1.29 is 27.1 Å². The van der Waals surface area contributed by atoms with Crippen molar-refractivity contribution in [2.75, 3.05) is 11.4 Å². The quantitative estimate of drug-likeness (QED) is 0.436. The molecular formula is C10H7Cl2F4NO2S. The number of benzene rings is 1. The third-order valence-corrected chi connectivity index (χ3v) is 3.11. The van der Waals surface area contributed by atoms with Crippen LogP contribution in [0.2, 0.25) is 0 Å². The van der Waals surface area contributed by atoms with Gasteiger partial charge in [-0.25, -0.2) is 9.10 Å². The van der Waals surface area contributed by atoms with Crippen LogP contribution in [0.25, 0.3) is 0 Å². The Balaban J connectivity index is 3.18. The number of amides is 1. The van der Waals surface area contributed by atoms with Crippen LogP contribution >= 0.6 is 35.1 Å². The van der Waals surface area contributed by atoms with Gasteiger partial charge in [0.1, 0.15) is 0 Å². The van der Waals surface area contributed by atoms with E-state index >= 15 is 0 Å². The molecule has 0 heterocycles. The molecule has 0 bridgehead atoms. The maximum atomic E-state index is 13.2. The van der Waals surface area contributed by atoms with Gasteiger partial charge >= 0.3 is 16.2 Å². The number of carbonyl (C=O) groups excluding carboxylic acids is 1. The predicted octanol–water partition coefficient (Wildman–Crippen LogP) is 4.98. The lowest BCUT2D eigenvalue weighted by Crippen LogP contribution is -2.27. The Labute approximate surface area is 125 Å². The minimum atomic E-state index is -4.61. The van der Waals surface area contributed by atoms with Gasteiger partial charge in [0.25, 0.3) is 0 Å². The highest BCUT2D eigenvalue weighted by molar-refractivity contribution is 8.04. The Morgan fingerprint density at radius 3 is 2.35 bits per heavy atom. The van der Waals surface area contributed by atoms with Crippen molar-refractivity contribution in [1.82, 2.24) is 0 Å². The molecule has 0 unspecified atom stereocenters.